The molecule has 0 aliphatic carbocycles. The number of imidazole rings is 1. The van der Waals surface area contributed by atoms with Crippen molar-refractivity contribution in [3.63, 3.8) is 0 Å². The van der Waals surface area contributed by atoms with Gasteiger partial charge in [-0.3, -0.25) is 0 Å². The number of allylic oxidation sites excluding steroid dienone is 3. The van der Waals surface area contributed by atoms with Crippen LogP contribution in [-0.2, 0) is 19.4 Å². The van der Waals surface area contributed by atoms with Gasteiger partial charge in [-0.15, -0.1) is 19.7 Å². The first-order valence-corrected chi connectivity index (χ1v) is 5.29. The van der Waals surface area contributed by atoms with Crippen molar-refractivity contribution in [3.8, 4) is 0 Å². The molecular formula is C13H16N2O2. The first-order chi connectivity index (χ1) is 8.15. The van der Waals surface area contributed by atoms with Crippen LogP contribution in [0.1, 0.15) is 22.0 Å². The number of aromatic nitrogens is 2. The van der Waals surface area contributed by atoms with E-state index in [4.69, 9.17) is 5.11 Å². The molecule has 4 nitrogen and oxygen atoms in total. The fourth-order valence-corrected chi connectivity index (χ4v) is 1.68. The minimum absolute atomic E-state index is 0.0867. The molecule has 0 aliphatic heterocycles. The molecule has 90 valence electrons. The number of carboxylic acid groups (broad SMARTS) is 1. The zero-order valence-electron chi connectivity index (χ0n) is 9.72. The van der Waals surface area contributed by atoms with E-state index < -0.39 is 5.97 Å². The zero-order chi connectivity index (χ0) is 12.8. The van der Waals surface area contributed by atoms with Crippen molar-refractivity contribution in [2.45, 2.75) is 19.4 Å². The molecule has 0 amide bonds. The third kappa shape index (κ3) is 2.72. The molecule has 0 aliphatic rings. The highest BCUT2D eigenvalue weighted by molar-refractivity contribution is 5.87. The summed E-state index contributed by atoms with van der Waals surface area (Å²) < 4.78 is 1.85. The molecule has 0 atom stereocenters. The second-order valence-corrected chi connectivity index (χ2v) is 3.51. The number of hydrogen-bond donors (Lipinski definition) is 1. The van der Waals surface area contributed by atoms with Gasteiger partial charge >= 0.3 is 5.97 Å². The molecule has 0 radical (unpaired) electrons. The van der Waals surface area contributed by atoms with E-state index in [0.717, 1.165) is 0 Å². The van der Waals surface area contributed by atoms with E-state index in [1.54, 1.807) is 18.2 Å². The van der Waals surface area contributed by atoms with Gasteiger partial charge in [0.2, 0.25) is 0 Å². The van der Waals surface area contributed by atoms with Gasteiger partial charge in [-0.1, -0.05) is 18.2 Å². The average molecular weight is 232 g/mol. The largest absolute Gasteiger partial charge is 0.476 e. The van der Waals surface area contributed by atoms with Crippen LogP contribution in [-0.4, -0.2) is 20.6 Å². The van der Waals surface area contributed by atoms with Crippen LogP contribution in [0, 0.1) is 0 Å². The topological polar surface area (TPSA) is 55.1 Å². The second-order valence-electron chi connectivity index (χ2n) is 3.51. The fraction of sp³-hybridized carbons (Fsp3) is 0.231. The summed E-state index contributed by atoms with van der Waals surface area (Å²) in [5.41, 5.74) is 0.743. The SMILES string of the molecule is C=CCc1nc(C(=O)O)c(CC=C)n1CC=C. The lowest BCUT2D eigenvalue weighted by Crippen LogP contribution is -2.07. The van der Waals surface area contributed by atoms with Crippen LogP contribution < -0.4 is 0 Å². The number of rotatable bonds is 7. The number of hydrogen-bond acceptors (Lipinski definition) is 2. The Morgan fingerprint density at radius 1 is 1.24 bits per heavy atom. The number of aromatic carboxylic acids is 1. The maximum atomic E-state index is 11.1. The molecule has 0 saturated carbocycles. The van der Waals surface area contributed by atoms with Crippen LogP contribution in [0.2, 0.25) is 0 Å². The molecule has 1 aromatic heterocycles. The zero-order valence-corrected chi connectivity index (χ0v) is 9.72. The van der Waals surface area contributed by atoms with Crippen LogP contribution in [0.4, 0.5) is 0 Å². The Labute approximate surface area is 101 Å². The van der Waals surface area contributed by atoms with Gasteiger partial charge in [0, 0.05) is 19.4 Å². The summed E-state index contributed by atoms with van der Waals surface area (Å²) in [6.07, 6.45) is 6.09. The van der Waals surface area contributed by atoms with E-state index in [-0.39, 0.29) is 5.69 Å². The summed E-state index contributed by atoms with van der Waals surface area (Å²) in [6.45, 7) is 11.5. The van der Waals surface area contributed by atoms with E-state index in [0.29, 0.717) is 30.9 Å². The highest BCUT2D eigenvalue weighted by Crippen LogP contribution is 2.15. The summed E-state index contributed by atoms with van der Waals surface area (Å²) in [4.78, 5) is 15.2. The summed E-state index contributed by atoms with van der Waals surface area (Å²) in [6, 6.07) is 0. The van der Waals surface area contributed by atoms with Crippen LogP contribution in [0.25, 0.3) is 0 Å². The summed E-state index contributed by atoms with van der Waals surface area (Å²) in [7, 11) is 0. The van der Waals surface area contributed by atoms with Crippen molar-refractivity contribution >= 4 is 5.97 Å². The Bertz CT molecular complexity index is 458. The lowest BCUT2D eigenvalue weighted by Gasteiger charge is -2.07. The molecule has 1 N–H and O–H groups in total. The molecule has 0 bridgehead atoms. The summed E-state index contributed by atoms with van der Waals surface area (Å²) in [5, 5.41) is 9.10. The maximum Gasteiger partial charge on any atom is 0.356 e. The van der Waals surface area contributed by atoms with Crippen molar-refractivity contribution < 1.29 is 9.90 Å². The molecule has 0 saturated heterocycles. The summed E-state index contributed by atoms with van der Waals surface area (Å²) in [5.74, 6) is -0.330. The van der Waals surface area contributed by atoms with Crippen molar-refractivity contribution in [2.24, 2.45) is 0 Å². The Kier molecular flexibility index (Phi) is 4.46. The second kappa shape index (κ2) is 5.84. The minimum atomic E-state index is -1.02. The van der Waals surface area contributed by atoms with Gasteiger partial charge in [0.15, 0.2) is 5.69 Å². The monoisotopic (exact) mass is 232 g/mol. The van der Waals surface area contributed by atoms with E-state index in [9.17, 15) is 4.79 Å². The minimum Gasteiger partial charge on any atom is -0.476 e. The molecule has 0 spiro atoms. The highest BCUT2D eigenvalue weighted by atomic mass is 16.4. The van der Waals surface area contributed by atoms with Gasteiger partial charge in [-0.2, -0.15) is 0 Å². The quantitative estimate of drug-likeness (QED) is 0.733. The number of carboxylic acids is 1. The lowest BCUT2D eigenvalue weighted by atomic mass is 10.2. The molecule has 1 heterocycles. The van der Waals surface area contributed by atoms with E-state index in [1.165, 1.54) is 0 Å². The number of carbonyl (C=O) groups is 1. The molecule has 1 aromatic rings. The predicted molar refractivity (Wildman–Crippen MR) is 67.2 cm³/mol. The number of nitrogens with zero attached hydrogens (tertiary/aromatic N) is 2. The summed E-state index contributed by atoms with van der Waals surface area (Å²) >= 11 is 0. The van der Waals surface area contributed by atoms with Crippen LogP contribution in [0.5, 0.6) is 0 Å². The molecular weight excluding hydrogens is 216 g/mol. The Balaban J connectivity index is 3.35. The highest BCUT2D eigenvalue weighted by Gasteiger charge is 2.19. The van der Waals surface area contributed by atoms with Crippen molar-refractivity contribution in [1.29, 1.82) is 0 Å². The molecule has 1 rings (SSSR count). The van der Waals surface area contributed by atoms with E-state index >= 15 is 0 Å². The van der Waals surface area contributed by atoms with Crippen LogP contribution in [0.3, 0.4) is 0 Å². The third-order valence-corrected chi connectivity index (χ3v) is 2.33. The smallest absolute Gasteiger partial charge is 0.356 e. The maximum absolute atomic E-state index is 11.1. The van der Waals surface area contributed by atoms with Gasteiger partial charge in [0.1, 0.15) is 5.82 Å². The van der Waals surface area contributed by atoms with Gasteiger partial charge in [-0.05, 0) is 0 Å². The van der Waals surface area contributed by atoms with Gasteiger partial charge in [-0.25, -0.2) is 9.78 Å². The predicted octanol–water partition coefficient (Wildman–Crippen LogP) is 2.22. The Morgan fingerprint density at radius 3 is 2.35 bits per heavy atom. The van der Waals surface area contributed by atoms with Crippen molar-refractivity contribution in [1.82, 2.24) is 9.55 Å². The van der Waals surface area contributed by atoms with Gasteiger partial charge < -0.3 is 9.67 Å². The standard InChI is InChI=1S/C13H16N2O2/c1-4-7-10-12(13(16)17)14-11(8-5-2)15(10)9-6-3/h4-6H,1-3,7-9H2,(H,16,17). The molecule has 0 fully saturated rings. The van der Waals surface area contributed by atoms with Gasteiger partial charge in [0.05, 0.1) is 5.69 Å². The molecule has 0 unspecified atom stereocenters. The first kappa shape index (κ1) is 13.0. The average Bonchev–Trinajstić information content (AvgIpc) is 2.60. The third-order valence-electron chi connectivity index (χ3n) is 2.33. The van der Waals surface area contributed by atoms with Crippen LogP contribution >= 0.6 is 0 Å². The van der Waals surface area contributed by atoms with Gasteiger partial charge in [0.25, 0.3) is 0 Å². The van der Waals surface area contributed by atoms with Crippen molar-refractivity contribution in [2.75, 3.05) is 0 Å². The molecule has 0 aromatic carbocycles. The first-order valence-electron chi connectivity index (χ1n) is 5.29. The van der Waals surface area contributed by atoms with Crippen LogP contribution in [0.15, 0.2) is 38.0 Å². The van der Waals surface area contributed by atoms with E-state index in [2.05, 4.69) is 24.7 Å². The van der Waals surface area contributed by atoms with E-state index in [1.807, 2.05) is 4.57 Å². The molecule has 4 heteroatoms. The Morgan fingerprint density at radius 2 is 1.88 bits per heavy atom. The fourth-order valence-electron chi connectivity index (χ4n) is 1.68. The van der Waals surface area contributed by atoms with Crippen molar-refractivity contribution in [3.05, 3.63) is 55.2 Å². The normalized spacial score (nSPS) is 9.88. The molecule has 17 heavy (non-hydrogen) atoms. The lowest BCUT2D eigenvalue weighted by molar-refractivity contribution is 0.0689. The Hall–Kier alpha value is -2.10.